The number of sulfonamides is 1. The van der Waals surface area contributed by atoms with Crippen LogP contribution in [0.1, 0.15) is 5.56 Å². The predicted octanol–water partition coefficient (Wildman–Crippen LogP) is 2.75. The molecule has 0 bridgehead atoms. The summed E-state index contributed by atoms with van der Waals surface area (Å²) in [4.78, 5) is 11.2. The second-order valence-electron chi connectivity index (χ2n) is 6.36. The summed E-state index contributed by atoms with van der Waals surface area (Å²) in [6, 6.07) is 17.2. The molecule has 0 spiro atoms. The molecule has 2 aromatic carbocycles. The standard InChI is InChI=1S/C20H20N4O2S/c25-27(26,15-10-17-6-2-1-3-7-17)24-13-11-23(12-14-24)20-16-21-18-8-4-5-9-19(18)22-20/h1-10,15-16H,11-14H2/b15-10+. The third kappa shape index (κ3) is 3.99. The lowest BCUT2D eigenvalue weighted by Crippen LogP contribution is -2.48. The second kappa shape index (κ2) is 7.46. The number of hydrogen-bond acceptors (Lipinski definition) is 5. The molecule has 1 aliphatic heterocycles. The number of benzene rings is 2. The molecule has 4 rings (SSSR count). The first kappa shape index (κ1) is 17.6. The van der Waals surface area contributed by atoms with Crippen molar-refractivity contribution >= 4 is 33.0 Å². The van der Waals surface area contributed by atoms with E-state index < -0.39 is 10.0 Å². The van der Waals surface area contributed by atoms with Crippen molar-refractivity contribution in [3.05, 3.63) is 71.8 Å². The Labute approximate surface area is 158 Å². The third-order valence-corrected chi connectivity index (χ3v) is 6.16. The number of nitrogens with zero attached hydrogens (tertiary/aromatic N) is 4. The minimum Gasteiger partial charge on any atom is -0.353 e. The molecule has 138 valence electrons. The van der Waals surface area contributed by atoms with Crippen molar-refractivity contribution in [2.45, 2.75) is 0 Å². The first-order valence-corrected chi connectivity index (χ1v) is 10.3. The van der Waals surface area contributed by atoms with Gasteiger partial charge >= 0.3 is 0 Å². The molecule has 0 radical (unpaired) electrons. The Hall–Kier alpha value is -2.77. The summed E-state index contributed by atoms with van der Waals surface area (Å²) in [6.45, 7) is 2.03. The number of hydrogen-bond donors (Lipinski definition) is 0. The van der Waals surface area contributed by atoms with Crippen LogP contribution in [0, 0.1) is 0 Å². The summed E-state index contributed by atoms with van der Waals surface area (Å²) in [5.41, 5.74) is 2.57. The zero-order valence-corrected chi connectivity index (χ0v) is 15.6. The van der Waals surface area contributed by atoms with Crippen LogP contribution in [0.4, 0.5) is 5.82 Å². The largest absolute Gasteiger partial charge is 0.353 e. The lowest BCUT2D eigenvalue weighted by molar-refractivity contribution is 0.389. The molecule has 0 amide bonds. The Morgan fingerprint density at radius 1 is 0.852 bits per heavy atom. The minimum atomic E-state index is -3.43. The van der Waals surface area contributed by atoms with Crippen molar-refractivity contribution in [2.75, 3.05) is 31.1 Å². The Bertz CT molecular complexity index is 1060. The van der Waals surface area contributed by atoms with Crippen LogP contribution in [-0.2, 0) is 10.0 Å². The minimum absolute atomic E-state index is 0.427. The van der Waals surface area contributed by atoms with Crippen LogP contribution in [0.25, 0.3) is 17.1 Å². The van der Waals surface area contributed by atoms with Gasteiger partial charge in [-0.2, -0.15) is 4.31 Å². The molecule has 27 heavy (non-hydrogen) atoms. The van der Waals surface area contributed by atoms with Gasteiger partial charge in [-0.3, -0.25) is 4.98 Å². The Kier molecular flexibility index (Phi) is 4.87. The summed E-state index contributed by atoms with van der Waals surface area (Å²) >= 11 is 0. The molecular formula is C20H20N4O2S. The average molecular weight is 380 g/mol. The van der Waals surface area contributed by atoms with Crippen LogP contribution in [0.3, 0.4) is 0 Å². The van der Waals surface area contributed by atoms with E-state index in [9.17, 15) is 8.42 Å². The van der Waals surface area contributed by atoms with Gasteiger partial charge < -0.3 is 4.90 Å². The smallest absolute Gasteiger partial charge is 0.236 e. The van der Waals surface area contributed by atoms with Gasteiger partial charge in [-0.25, -0.2) is 13.4 Å². The summed E-state index contributed by atoms with van der Waals surface area (Å²) in [5.74, 6) is 0.783. The van der Waals surface area contributed by atoms with E-state index in [0.717, 1.165) is 22.4 Å². The number of rotatable bonds is 4. The zero-order chi connectivity index (χ0) is 18.7. The highest BCUT2D eigenvalue weighted by atomic mass is 32.2. The summed E-state index contributed by atoms with van der Waals surface area (Å²) < 4.78 is 26.7. The van der Waals surface area contributed by atoms with Gasteiger partial charge in [0.25, 0.3) is 0 Å². The van der Waals surface area contributed by atoms with E-state index in [1.807, 2.05) is 54.6 Å². The van der Waals surface area contributed by atoms with E-state index >= 15 is 0 Å². The lowest BCUT2D eigenvalue weighted by Gasteiger charge is -2.33. The molecule has 3 aromatic rings. The zero-order valence-electron chi connectivity index (χ0n) is 14.8. The van der Waals surface area contributed by atoms with Crippen molar-refractivity contribution in [1.82, 2.24) is 14.3 Å². The summed E-state index contributed by atoms with van der Waals surface area (Å²) in [5, 5.41) is 1.29. The average Bonchev–Trinajstić information content (AvgIpc) is 2.73. The van der Waals surface area contributed by atoms with E-state index in [2.05, 4.69) is 14.9 Å². The van der Waals surface area contributed by atoms with Crippen molar-refractivity contribution in [3.63, 3.8) is 0 Å². The van der Waals surface area contributed by atoms with E-state index in [-0.39, 0.29) is 0 Å². The fourth-order valence-corrected chi connectivity index (χ4v) is 4.26. The number of fused-ring (bicyclic) bond motifs is 1. The Morgan fingerprint density at radius 3 is 2.26 bits per heavy atom. The topological polar surface area (TPSA) is 66.4 Å². The van der Waals surface area contributed by atoms with Gasteiger partial charge in [-0.1, -0.05) is 42.5 Å². The third-order valence-electron chi connectivity index (χ3n) is 4.59. The number of anilines is 1. The first-order valence-electron chi connectivity index (χ1n) is 8.82. The van der Waals surface area contributed by atoms with Gasteiger partial charge in [0, 0.05) is 31.6 Å². The fraction of sp³-hybridized carbons (Fsp3) is 0.200. The van der Waals surface area contributed by atoms with Crippen molar-refractivity contribution < 1.29 is 8.42 Å². The van der Waals surface area contributed by atoms with Gasteiger partial charge in [-0.05, 0) is 23.8 Å². The van der Waals surface area contributed by atoms with Crippen LogP contribution >= 0.6 is 0 Å². The molecule has 7 heteroatoms. The van der Waals surface area contributed by atoms with E-state index in [4.69, 9.17) is 0 Å². The van der Waals surface area contributed by atoms with E-state index in [1.165, 1.54) is 9.71 Å². The number of para-hydroxylation sites is 2. The molecule has 6 nitrogen and oxygen atoms in total. The van der Waals surface area contributed by atoms with Gasteiger partial charge in [-0.15, -0.1) is 0 Å². The highest BCUT2D eigenvalue weighted by Gasteiger charge is 2.25. The molecule has 0 N–H and O–H groups in total. The van der Waals surface area contributed by atoms with Crippen LogP contribution in [0.5, 0.6) is 0 Å². The van der Waals surface area contributed by atoms with Crippen molar-refractivity contribution in [1.29, 1.82) is 0 Å². The monoisotopic (exact) mass is 380 g/mol. The van der Waals surface area contributed by atoms with Crippen LogP contribution in [-0.4, -0.2) is 48.9 Å². The molecule has 1 aromatic heterocycles. The fourth-order valence-electron chi connectivity index (χ4n) is 3.09. The molecule has 0 aliphatic carbocycles. The van der Waals surface area contributed by atoms with Crippen LogP contribution in [0.2, 0.25) is 0 Å². The quantitative estimate of drug-likeness (QED) is 0.696. The Morgan fingerprint density at radius 2 is 1.52 bits per heavy atom. The molecule has 1 fully saturated rings. The molecule has 0 unspecified atom stereocenters. The molecule has 1 aliphatic rings. The normalized spacial score (nSPS) is 16.2. The number of piperazine rings is 1. The maximum Gasteiger partial charge on any atom is 0.236 e. The molecule has 1 saturated heterocycles. The second-order valence-corrected chi connectivity index (χ2v) is 8.18. The number of aromatic nitrogens is 2. The van der Waals surface area contributed by atoms with Crippen molar-refractivity contribution in [3.8, 4) is 0 Å². The lowest BCUT2D eigenvalue weighted by atomic mass is 10.2. The SMILES string of the molecule is O=S(=O)(/C=C/c1ccccc1)N1CCN(c2cnc3ccccc3n2)CC1. The summed E-state index contributed by atoms with van der Waals surface area (Å²) in [6.07, 6.45) is 3.39. The van der Waals surface area contributed by atoms with Gasteiger partial charge in [0.2, 0.25) is 10.0 Å². The van der Waals surface area contributed by atoms with Gasteiger partial charge in [0.15, 0.2) is 0 Å². The van der Waals surface area contributed by atoms with E-state index in [1.54, 1.807) is 12.3 Å². The molecule has 2 heterocycles. The molecule has 0 atom stereocenters. The maximum atomic E-state index is 12.6. The highest BCUT2D eigenvalue weighted by molar-refractivity contribution is 7.92. The van der Waals surface area contributed by atoms with E-state index in [0.29, 0.717) is 26.2 Å². The van der Waals surface area contributed by atoms with Crippen LogP contribution < -0.4 is 4.90 Å². The van der Waals surface area contributed by atoms with Crippen LogP contribution in [0.15, 0.2) is 66.2 Å². The highest BCUT2D eigenvalue weighted by Crippen LogP contribution is 2.18. The summed E-state index contributed by atoms with van der Waals surface area (Å²) in [7, 11) is -3.43. The maximum absolute atomic E-state index is 12.6. The molecule has 0 saturated carbocycles. The Balaban J connectivity index is 1.44. The molecular weight excluding hydrogens is 360 g/mol. The first-order chi connectivity index (χ1) is 13.1. The van der Waals surface area contributed by atoms with Gasteiger partial charge in [0.05, 0.1) is 17.2 Å². The van der Waals surface area contributed by atoms with Gasteiger partial charge in [0.1, 0.15) is 5.82 Å². The van der Waals surface area contributed by atoms with Crippen molar-refractivity contribution in [2.24, 2.45) is 0 Å². The predicted molar refractivity (Wildman–Crippen MR) is 108 cm³/mol.